The van der Waals surface area contributed by atoms with Gasteiger partial charge in [0.25, 0.3) is 5.91 Å². The summed E-state index contributed by atoms with van der Waals surface area (Å²) in [5, 5.41) is 17.3. The van der Waals surface area contributed by atoms with E-state index in [1.807, 2.05) is 25.4 Å². The zero-order valence-corrected chi connectivity index (χ0v) is 20.0. The molecule has 0 spiro atoms. The first-order valence-electron chi connectivity index (χ1n) is 11.9. The molecule has 1 aromatic heterocycles. The van der Waals surface area contributed by atoms with Crippen LogP contribution in [-0.2, 0) is 18.4 Å². The summed E-state index contributed by atoms with van der Waals surface area (Å²) in [4.78, 5) is 29.0. The van der Waals surface area contributed by atoms with Crippen LogP contribution in [0.15, 0.2) is 54.9 Å². The number of likely N-dealkylation sites (N-methyl/N-ethyl adjacent to an activating group) is 1. The van der Waals surface area contributed by atoms with Gasteiger partial charge in [-0.05, 0) is 61.8 Å². The van der Waals surface area contributed by atoms with E-state index in [9.17, 15) is 14.7 Å². The molecule has 5 rings (SSSR count). The maximum atomic E-state index is 13.4. The van der Waals surface area contributed by atoms with E-state index >= 15 is 0 Å². The molecule has 1 saturated heterocycles. The number of nitrogens with zero attached hydrogens (tertiary/aromatic N) is 4. The molecule has 2 aliphatic rings. The summed E-state index contributed by atoms with van der Waals surface area (Å²) >= 11 is 0. The van der Waals surface area contributed by atoms with Crippen LogP contribution in [0.25, 0.3) is 11.3 Å². The lowest BCUT2D eigenvalue weighted by Gasteiger charge is -2.26. The summed E-state index contributed by atoms with van der Waals surface area (Å²) in [7, 11) is 3.52. The molecule has 0 saturated carbocycles. The zero-order chi connectivity index (χ0) is 24.5. The molecule has 2 N–H and O–H groups in total. The number of hydrogen-bond acceptors (Lipinski definition) is 5. The smallest absolute Gasteiger partial charge is 0.335 e. The second-order valence-corrected chi connectivity index (χ2v) is 9.21. The molecule has 8 nitrogen and oxygen atoms in total. The van der Waals surface area contributed by atoms with Gasteiger partial charge in [-0.3, -0.25) is 14.4 Å². The van der Waals surface area contributed by atoms with Crippen molar-refractivity contribution in [1.82, 2.24) is 14.7 Å². The van der Waals surface area contributed by atoms with Crippen molar-refractivity contribution in [2.24, 2.45) is 7.05 Å². The van der Waals surface area contributed by atoms with Crippen molar-refractivity contribution in [3.05, 3.63) is 77.1 Å². The van der Waals surface area contributed by atoms with Crippen LogP contribution in [0.1, 0.15) is 46.3 Å². The van der Waals surface area contributed by atoms with E-state index < -0.39 is 5.97 Å². The first-order chi connectivity index (χ1) is 16.9. The van der Waals surface area contributed by atoms with Crippen LogP contribution in [-0.4, -0.2) is 51.8 Å². The molecule has 3 heterocycles. The molecule has 0 atom stereocenters. The molecular weight excluding hydrogens is 442 g/mol. The van der Waals surface area contributed by atoms with E-state index in [1.54, 1.807) is 35.0 Å². The molecule has 0 radical (unpaired) electrons. The van der Waals surface area contributed by atoms with E-state index in [-0.39, 0.29) is 11.5 Å². The zero-order valence-electron chi connectivity index (χ0n) is 20.0. The largest absolute Gasteiger partial charge is 0.478 e. The van der Waals surface area contributed by atoms with Gasteiger partial charge in [0.2, 0.25) is 0 Å². The molecule has 35 heavy (non-hydrogen) atoms. The highest BCUT2D eigenvalue weighted by Crippen LogP contribution is 2.41. The normalized spacial score (nSPS) is 17.4. The lowest BCUT2D eigenvalue weighted by atomic mass is 9.99. The standard InChI is InChI=1S/C27H29N5O3/c1-30-17-20(15-28-30)25(24-22-14-19(27(34)35)8-11-23(22)31(2)26(24)33)29-21-9-6-18(7-10-21)16-32-12-4-3-5-13-32/h6-11,14-15,17,29H,3-5,12-13,16H2,1-2H3,(H,34,35). The molecule has 2 aromatic carbocycles. The Morgan fingerprint density at radius 2 is 1.77 bits per heavy atom. The average Bonchev–Trinajstić information content (AvgIpc) is 3.40. The fraction of sp³-hybridized carbons (Fsp3) is 0.296. The minimum atomic E-state index is -1.03. The van der Waals surface area contributed by atoms with Crippen molar-refractivity contribution in [3.8, 4) is 0 Å². The van der Waals surface area contributed by atoms with E-state index in [0.29, 0.717) is 22.5 Å². The quantitative estimate of drug-likeness (QED) is 0.527. The topological polar surface area (TPSA) is 90.7 Å². The highest BCUT2D eigenvalue weighted by atomic mass is 16.4. The number of amides is 1. The van der Waals surface area contributed by atoms with Gasteiger partial charge in [0.15, 0.2) is 0 Å². The Kier molecular flexibility index (Phi) is 6.13. The van der Waals surface area contributed by atoms with Crippen LogP contribution >= 0.6 is 0 Å². The Balaban J connectivity index is 1.53. The maximum Gasteiger partial charge on any atom is 0.335 e. The number of piperidine rings is 1. The van der Waals surface area contributed by atoms with Crippen LogP contribution in [0.5, 0.6) is 0 Å². The maximum absolute atomic E-state index is 13.4. The summed E-state index contributed by atoms with van der Waals surface area (Å²) in [5.74, 6) is -1.23. The minimum Gasteiger partial charge on any atom is -0.478 e. The number of carboxylic acids is 1. The SMILES string of the molecule is CN1C(=O)C(=C(Nc2ccc(CN3CCCCC3)cc2)c2cnn(C)c2)c2cc(C(=O)O)ccc21. The molecule has 1 amide bonds. The Morgan fingerprint density at radius 1 is 1.03 bits per heavy atom. The number of aromatic nitrogens is 2. The second kappa shape index (κ2) is 9.38. The first-order valence-corrected chi connectivity index (χ1v) is 11.9. The molecule has 1 fully saturated rings. The molecule has 2 aliphatic heterocycles. The molecule has 0 bridgehead atoms. The third-order valence-electron chi connectivity index (χ3n) is 6.71. The highest BCUT2D eigenvalue weighted by Gasteiger charge is 2.34. The number of carbonyl (C=O) groups is 2. The van der Waals surface area contributed by atoms with E-state index in [4.69, 9.17) is 0 Å². The number of likely N-dealkylation sites (tertiary alicyclic amines) is 1. The third kappa shape index (κ3) is 4.57. The van der Waals surface area contributed by atoms with Crippen LogP contribution < -0.4 is 10.2 Å². The van der Waals surface area contributed by atoms with Crippen molar-refractivity contribution in [1.29, 1.82) is 0 Å². The summed E-state index contributed by atoms with van der Waals surface area (Å²) in [5.41, 5.74) is 5.27. The van der Waals surface area contributed by atoms with E-state index in [2.05, 4.69) is 27.4 Å². The molecule has 0 aliphatic carbocycles. The monoisotopic (exact) mass is 471 g/mol. The number of fused-ring (bicyclic) bond motifs is 1. The number of aryl methyl sites for hydroxylation is 1. The van der Waals surface area contributed by atoms with Gasteiger partial charge in [-0.1, -0.05) is 18.6 Å². The molecule has 180 valence electrons. The van der Waals surface area contributed by atoms with Gasteiger partial charge in [-0.2, -0.15) is 5.10 Å². The summed E-state index contributed by atoms with van der Waals surface area (Å²) in [6, 6.07) is 13.0. The summed E-state index contributed by atoms with van der Waals surface area (Å²) in [6.45, 7) is 3.22. The van der Waals surface area contributed by atoms with Gasteiger partial charge in [-0.15, -0.1) is 0 Å². The summed E-state index contributed by atoms with van der Waals surface area (Å²) in [6.07, 6.45) is 7.37. The lowest BCUT2D eigenvalue weighted by molar-refractivity contribution is -0.112. The Hall–Kier alpha value is -3.91. The predicted molar refractivity (Wildman–Crippen MR) is 136 cm³/mol. The molecule has 3 aromatic rings. The number of benzene rings is 2. The molecular formula is C27H29N5O3. The van der Waals surface area contributed by atoms with Crippen LogP contribution in [0.4, 0.5) is 11.4 Å². The Bertz CT molecular complexity index is 1300. The number of anilines is 2. The minimum absolute atomic E-state index is 0.136. The van der Waals surface area contributed by atoms with Crippen molar-refractivity contribution in [2.75, 3.05) is 30.4 Å². The van der Waals surface area contributed by atoms with Crippen LogP contribution in [0, 0.1) is 0 Å². The highest BCUT2D eigenvalue weighted by molar-refractivity contribution is 6.38. The Morgan fingerprint density at radius 3 is 2.43 bits per heavy atom. The number of nitrogens with one attached hydrogen (secondary N) is 1. The van der Waals surface area contributed by atoms with Crippen LogP contribution in [0.3, 0.4) is 0 Å². The number of carboxylic acid groups (broad SMARTS) is 1. The van der Waals surface area contributed by atoms with Crippen molar-refractivity contribution in [2.45, 2.75) is 25.8 Å². The molecule has 8 heteroatoms. The summed E-state index contributed by atoms with van der Waals surface area (Å²) < 4.78 is 1.68. The van der Waals surface area contributed by atoms with E-state index in [1.165, 1.54) is 30.9 Å². The number of hydrogen-bond donors (Lipinski definition) is 2. The van der Waals surface area contributed by atoms with Crippen molar-refractivity contribution >= 4 is 34.5 Å². The van der Waals surface area contributed by atoms with Gasteiger partial charge in [0, 0.05) is 43.7 Å². The predicted octanol–water partition coefficient (Wildman–Crippen LogP) is 4.06. The Labute approximate surface area is 204 Å². The molecule has 0 unspecified atom stereocenters. The number of carbonyl (C=O) groups excluding carboxylic acids is 1. The second-order valence-electron chi connectivity index (χ2n) is 9.21. The van der Waals surface area contributed by atoms with Crippen LogP contribution in [0.2, 0.25) is 0 Å². The van der Waals surface area contributed by atoms with Crippen molar-refractivity contribution < 1.29 is 14.7 Å². The van der Waals surface area contributed by atoms with Gasteiger partial charge in [0.1, 0.15) is 0 Å². The number of aromatic carboxylic acids is 1. The van der Waals surface area contributed by atoms with Crippen molar-refractivity contribution in [3.63, 3.8) is 0 Å². The van der Waals surface area contributed by atoms with Gasteiger partial charge in [-0.25, -0.2) is 4.79 Å². The van der Waals surface area contributed by atoms with Gasteiger partial charge in [0.05, 0.1) is 28.7 Å². The third-order valence-corrected chi connectivity index (χ3v) is 6.71. The first kappa shape index (κ1) is 22.9. The van der Waals surface area contributed by atoms with Gasteiger partial charge >= 0.3 is 5.97 Å². The van der Waals surface area contributed by atoms with E-state index in [0.717, 1.165) is 30.9 Å². The fourth-order valence-electron chi connectivity index (χ4n) is 4.84. The fourth-order valence-corrected chi connectivity index (χ4v) is 4.84. The van der Waals surface area contributed by atoms with Gasteiger partial charge < -0.3 is 15.3 Å². The lowest BCUT2D eigenvalue weighted by Crippen LogP contribution is -2.29. The average molecular weight is 472 g/mol. The number of rotatable bonds is 6.